The van der Waals surface area contributed by atoms with Gasteiger partial charge in [-0.2, -0.15) is 0 Å². The predicted octanol–water partition coefficient (Wildman–Crippen LogP) is 4.01. The molecule has 1 aliphatic rings. The summed E-state index contributed by atoms with van der Waals surface area (Å²) < 4.78 is 10.7. The number of aromatic nitrogens is 1. The van der Waals surface area contributed by atoms with Gasteiger partial charge in [-0.05, 0) is 31.5 Å². The van der Waals surface area contributed by atoms with Crippen molar-refractivity contribution in [3.63, 3.8) is 0 Å². The summed E-state index contributed by atoms with van der Waals surface area (Å²) >= 11 is 1.58. The number of thiazole rings is 1. The van der Waals surface area contributed by atoms with Gasteiger partial charge in [0.15, 0.2) is 11.5 Å². The Hall–Kier alpha value is -2.86. The van der Waals surface area contributed by atoms with E-state index in [1.165, 1.54) is 5.56 Å². The lowest BCUT2D eigenvalue weighted by molar-refractivity contribution is -0.120. The number of nitrogens with one attached hydrogen (secondary N) is 1. The molecule has 0 aliphatic carbocycles. The maximum atomic E-state index is 12.4. The molecule has 3 aromatic rings. The fourth-order valence-corrected chi connectivity index (χ4v) is 3.94. The maximum Gasteiger partial charge on any atom is 0.231 e. The van der Waals surface area contributed by atoms with E-state index < -0.39 is 0 Å². The summed E-state index contributed by atoms with van der Waals surface area (Å²) in [6.07, 6.45) is 0.333. The number of rotatable bonds is 5. The standard InChI is InChI=1S/C21H20N2O3S/c1-13-3-6-16(7-4-13)21-23-14(2)19(27-21)10-20(24)22-11-15-5-8-17-18(9-15)26-12-25-17/h3-9H,10-12H2,1-2H3,(H,22,24). The van der Waals surface area contributed by atoms with Crippen LogP contribution in [-0.2, 0) is 17.8 Å². The minimum atomic E-state index is -0.0186. The lowest BCUT2D eigenvalue weighted by Crippen LogP contribution is -2.24. The number of fused-ring (bicyclic) bond motifs is 1. The highest BCUT2D eigenvalue weighted by Crippen LogP contribution is 2.32. The largest absolute Gasteiger partial charge is 0.454 e. The number of hydrogen-bond donors (Lipinski definition) is 1. The maximum absolute atomic E-state index is 12.4. The third-order valence-electron chi connectivity index (χ3n) is 4.44. The fourth-order valence-electron chi connectivity index (χ4n) is 2.87. The van der Waals surface area contributed by atoms with Gasteiger partial charge in [0.2, 0.25) is 12.7 Å². The van der Waals surface area contributed by atoms with Crippen molar-refractivity contribution in [2.24, 2.45) is 0 Å². The summed E-state index contributed by atoms with van der Waals surface area (Å²) in [5.74, 6) is 1.45. The molecule has 0 saturated carbocycles. The van der Waals surface area contributed by atoms with Crippen molar-refractivity contribution in [2.75, 3.05) is 6.79 Å². The van der Waals surface area contributed by atoms with Crippen LogP contribution in [0.2, 0.25) is 0 Å². The number of ether oxygens (including phenoxy) is 2. The van der Waals surface area contributed by atoms with Gasteiger partial charge in [0.1, 0.15) is 5.01 Å². The summed E-state index contributed by atoms with van der Waals surface area (Å²) in [6, 6.07) is 14.0. The first-order valence-electron chi connectivity index (χ1n) is 8.77. The quantitative estimate of drug-likeness (QED) is 0.726. The van der Waals surface area contributed by atoms with Gasteiger partial charge < -0.3 is 14.8 Å². The van der Waals surface area contributed by atoms with Gasteiger partial charge in [-0.3, -0.25) is 4.79 Å². The van der Waals surface area contributed by atoms with E-state index in [0.717, 1.165) is 38.2 Å². The minimum Gasteiger partial charge on any atom is -0.454 e. The molecule has 1 N–H and O–H groups in total. The van der Waals surface area contributed by atoms with Gasteiger partial charge in [0.05, 0.1) is 12.1 Å². The highest BCUT2D eigenvalue weighted by Gasteiger charge is 2.15. The summed E-state index contributed by atoms with van der Waals surface area (Å²) in [5.41, 5.74) is 4.19. The zero-order chi connectivity index (χ0) is 18.8. The Morgan fingerprint density at radius 1 is 1.11 bits per heavy atom. The van der Waals surface area contributed by atoms with Crippen molar-refractivity contribution in [3.05, 3.63) is 64.2 Å². The van der Waals surface area contributed by atoms with Gasteiger partial charge >= 0.3 is 0 Å². The number of benzene rings is 2. The molecular formula is C21H20N2O3S. The van der Waals surface area contributed by atoms with Crippen LogP contribution >= 0.6 is 11.3 Å². The molecule has 2 aromatic carbocycles. The SMILES string of the molecule is Cc1ccc(-c2nc(C)c(CC(=O)NCc3ccc4c(c3)OCO4)s2)cc1. The Labute approximate surface area is 162 Å². The Balaban J connectivity index is 1.39. The lowest BCUT2D eigenvalue weighted by Gasteiger charge is -2.06. The highest BCUT2D eigenvalue weighted by molar-refractivity contribution is 7.15. The number of hydrogen-bond acceptors (Lipinski definition) is 5. The monoisotopic (exact) mass is 380 g/mol. The van der Waals surface area contributed by atoms with E-state index in [9.17, 15) is 4.79 Å². The van der Waals surface area contributed by atoms with E-state index in [1.807, 2.05) is 25.1 Å². The molecule has 27 heavy (non-hydrogen) atoms. The predicted molar refractivity (Wildman–Crippen MR) is 105 cm³/mol. The second kappa shape index (κ2) is 7.40. The molecule has 2 heterocycles. The molecule has 0 radical (unpaired) electrons. The van der Waals surface area contributed by atoms with Crippen molar-refractivity contribution in [2.45, 2.75) is 26.8 Å². The topological polar surface area (TPSA) is 60.5 Å². The van der Waals surface area contributed by atoms with Gasteiger partial charge in [0, 0.05) is 17.0 Å². The molecule has 0 unspecified atom stereocenters. The van der Waals surface area contributed by atoms with Crippen molar-refractivity contribution in [1.82, 2.24) is 10.3 Å². The van der Waals surface area contributed by atoms with Crippen LogP contribution in [-0.4, -0.2) is 17.7 Å². The van der Waals surface area contributed by atoms with Gasteiger partial charge in [-0.15, -0.1) is 11.3 Å². The Kier molecular flexibility index (Phi) is 4.81. The highest BCUT2D eigenvalue weighted by atomic mass is 32.1. The van der Waals surface area contributed by atoms with Gasteiger partial charge in [-0.1, -0.05) is 35.9 Å². The van der Waals surface area contributed by atoms with E-state index in [4.69, 9.17) is 9.47 Å². The first-order valence-corrected chi connectivity index (χ1v) is 9.59. The van der Waals surface area contributed by atoms with Crippen LogP contribution in [0, 0.1) is 13.8 Å². The molecule has 0 saturated heterocycles. The van der Waals surface area contributed by atoms with Crippen LogP contribution in [0.5, 0.6) is 11.5 Å². The molecule has 0 spiro atoms. The Bertz CT molecular complexity index is 980. The number of aryl methyl sites for hydroxylation is 2. The number of amides is 1. The second-order valence-electron chi connectivity index (χ2n) is 6.53. The zero-order valence-electron chi connectivity index (χ0n) is 15.2. The zero-order valence-corrected chi connectivity index (χ0v) is 16.1. The van der Waals surface area contributed by atoms with Crippen LogP contribution in [0.3, 0.4) is 0 Å². The van der Waals surface area contributed by atoms with E-state index in [0.29, 0.717) is 13.0 Å². The fraction of sp³-hybridized carbons (Fsp3) is 0.238. The lowest BCUT2D eigenvalue weighted by atomic mass is 10.2. The molecular weight excluding hydrogens is 360 g/mol. The first-order chi connectivity index (χ1) is 13.1. The van der Waals surface area contributed by atoms with Crippen molar-refractivity contribution >= 4 is 17.2 Å². The number of carbonyl (C=O) groups excluding carboxylic acids is 1. The molecule has 0 bridgehead atoms. The average molecular weight is 380 g/mol. The summed E-state index contributed by atoms with van der Waals surface area (Å²) in [7, 11) is 0. The van der Waals surface area contributed by atoms with Crippen LogP contribution in [0.1, 0.15) is 21.7 Å². The minimum absolute atomic E-state index is 0.0186. The summed E-state index contributed by atoms with van der Waals surface area (Å²) in [4.78, 5) is 18.0. The number of nitrogens with zero attached hydrogens (tertiary/aromatic N) is 1. The molecule has 0 fully saturated rings. The van der Waals surface area contributed by atoms with E-state index in [-0.39, 0.29) is 12.7 Å². The molecule has 1 amide bonds. The van der Waals surface area contributed by atoms with Crippen LogP contribution < -0.4 is 14.8 Å². The van der Waals surface area contributed by atoms with Gasteiger partial charge in [-0.25, -0.2) is 4.98 Å². The van der Waals surface area contributed by atoms with Crippen LogP contribution in [0.25, 0.3) is 10.6 Å². The Morgan fingerprint density at radius 2 is 1.89 bits per heavy atom. The van der Waals surface area contributed by atoms with Gasteiger partial charge in [0.25, 0.3) is 0 Å². The average Bonchev–Trinajstić information content (AvgIpc) is 3.27. The third-order valence-corrected chi connectivity index (χ3v) is 5.65. The van der Waals surface area contributed by atoms with Crippen LogP contribution in [0.15, 0.2) is 42.5 Å². The molecule has 5 nitrogen and oxygen atoms in total. The van der Waals surface area contributed by atoms with E-state index >= 15 is 0 Å². The second-order valence-corrected chi connectivity index (χ2v) is 7.62. The molecule has 1 aliphatic heterocycles. The smallest absolute Gasteiger partial charge is 0.231 e. The molecule has 138 valence electrons. The van der Waals surface area contributed by atoms with Crippen molar-refractivity contribution in [1.29, 1.82) is 0 Å². The van der Waals surface area contributed by atoms with Crippen LogP contribution in [0.4, 0.5) is 0 Å². The molecule has 6 heteroatoms. The summed E-state index contributed by atoms with van der Waals surface area (Å²) in [6.45, 7) is 4.72. The molecule has 0 atom stereocenters. The Morgan fingerprint density at radius 3 is 2.70 bits per heavy atom. The van der Waals surface area contributed by atoms with E-state index in [2.05, 4.69) is 41.5 Å². The third kappa shape index (κ3) is 3.95. The number of carbonyl (C=O) groups is 1. The first kappa shape index (κ1) is 17.5. The van der Waals surface area contributed by atoms with E-state index in [1.54, 1.807) is 11.3 Å². The molecule has 1 aromatic heterocycles. The van der Waals surface area contributed by atoms with Crippen molar-refractivity contribution in [3.8, 4) is 22.1 Å². The van der Waals surface area contributed by atoms with Crippen molar-refractivity contribution < 1.29 is 14.3 Å². The summed E-state index contributed by atoms with van der Waals surface area (Å²) in [5, 5.41) is 3.92. The molecule has 4 rings (SSSR count). The normalized spacial score (nSPS) is 12.2.